The second-order valence-corrected chi connectivity index (χ2v) is 9.78. The number of anilines is 1. The summed E-state index contributed by atoms with van der Waals surface area (Å²) in [6, 6.07) is 15.5. The second-order valence-electron chi connectivity index (χ2n) is 8.13. The smallest absolute Gasteiger partial charge is 0.265 e. The van der Waals surface area contributed by atoms with Gasteiger partial charge in [0, 0.05) is 11.6 Å². The van der Waals surface area contributed by atoms with E-state index in [0.29, 0.717) is 17.9 Å². The van der Waals surface area contributed by atoms with E-state index in [2.05, 4.69) is 9.82 Å². The molecule has 148 valence electrons. The molecule has 2 aromatic carbocycles. The van der Waals surface area contributed by atoms with Crippen molar-refractivity contribution in [2.75, 3.05) is 4.72 Å². The van der Waals surface area contributed by atoms with Crippen LogP contribution in [0.4, 0.5) is 5.69 Å². The van der Waals surface area contributed by atoms with Crippen LogP contribution in [0.15, 0.2) is 59.6 Å². The Morgan fingerprint density at radius 3 is 2.32 bits per heavy atom. The molecule has 0 aliphatic rings. The quantitative estimate of drug-likeness (QED) is 0.682. The van der Waals surface area contributed by atoms with Crippen molar-refractivity contribution in [2.24, 2.45) is 0 Å². The summed E-state index contributed by atoms with van der Waals surface area (Å²) in [5.41, 5.74) is 3.76. The topological polar surface area (TPSA) is 64.0 Å². The molecule has 1 heterocycles. The standard InChI is InChI=1S/C22H27N3O2S/c1-16-10-9-13-19(17(16)2)24-28(26,27)20-15-25(23-21(20)22(3,4)5)14-18-11-7-6-8-12-18/h6-13,15,24H,14H2,1-5H3. The third kappa shape index (κ3) is 4.28. The van der Waals surface area contributed by atoms with E-state index in [9.17, 15) is 8.42 Å². The lowest BCUT2D eigenvalue weighted by atomic mass is 9.92. The monoisotopic (exact) mass is 397 g/mol. The Morgan fingerprint density at radius 1 is 1.00 bits per heavy atom. The van der Waals surface area contributed by atoms with Crippen LogP contribution in [0.3, 0.4) is 0 Å². The van der Waals surface area contributed by atoms with E-state index in [0.717, 1.165) is 16.7 Å². The van der Waals surface area contributed by atoms with Gasteiger partial charge in [0.2, 0.25) is 0 Å². The van der Waals surface area contributed by atoms with E-state index in [4.69, 9.17) is 0 Å². The molecule has 5 nitrogen and oxygen atoms in total. The zero-order chi connectivity index (χ0) is 20.5. The maximum Gasteiger partial charge on any atom is 0.265 e. The Labute approximate surface area is 167 Å². The highest BCUT2D eigenvalue weighted by Gasteiger charge is 2.30. The lowest BCUT2D eigenvalue weighted by Crippen LogP contribution is -2.20. The van der Waals surface area contributed by atoms with Crippen LogP contribution in [0, 0.1) is 13.8 Å². The fourth-order valence-corrected chi connectivity index (χ4v) is 4.51. The Balaban J connectivity index is 2.02. The van der Waals surface area contributed by atoms with Crippen molar-refractivity contribution in [1.29, 1.82) is 0 Å². The van der Waals surface area contributed by atoms with E-state index in [1.54, 1.807) is 16.9 Å². The highest BCUT2D eigenvalue weighted by atomic mass is 32.2. The first-order valence-electron chi connectivity index (χ1n) is 9.29. The Morgan fingerprint density at radius 2 is 1.68 bits per heavy atom. The van der Waals surface area contributed by atoms with Crippen LogP contribution in [-0.2, 0) is 22.0 Å². The predicted molar refractivity (Wildman–Crippen MR) is 113 cm³/mol. The average Bonchev–Trinajstić information content (AvgIpc) is 3.05. The minimum absolute atomic E-state index is 0.219. The van der Waals surface area contributed by atoms with Gasteiger partial charge in [-0.25, -0.2) is 8.42 Å². The maximum atomic E-state index is 13.2. The van der Waals surface area contributed by atoms with Gasteiger partial charge >= 0.3 is 0 Å². The number of rotatable bonds is 5. The summed E-state index contributed by atoms with van der Waals surface area (Å²) in [6.45, 7) is 10.3. The van der Waals surface area contributed by atoms with Gasteiger partial charge in [-0.05, 0) is 36.6 Å². The molecule has 0 aliphatic carbocycles. The molecule has 0 amide bonds. The third-order valence-electron chi connectivity index (χ3n) is 4.76. The van der Waals surface area contributed by atoms with Crippen molar-refractivity contribution in [3.63, 3.8) is 0 Å². The summed E-state index contributed by atoms with van der Waals surface area (Å²) < 4.78 is 30.9. The first-order valence-corrected chi connectivity index (χ1v) is 10.8. The van der Waals surface area contributed by atoms with Crippen molar-refractivity contribution >= 4 is 15.7 Å². The first kappa shape index (κ1) is 20.1. The zero-order valence-corrected chi connectivity index (χ0v) is 17.8. The van der Waals surface area contributed by atoms with Gasteiger partial charge in [0.1, 0.15) is 4.90 Å². The molecule has 3 aromatic rings. The summed E-state index contributed by atoms with van der Waals surface area (Å²) in [6.07, 6.45) is 1.63. The summed E-state index contributed by atoms with van der Waals surface area (Å²) in [4.78, 5) is 0.219. The molecule has 1 N–H and O–H groups in total. The molecule has 0 spiro atoms. The molecule has 6 heteroatoms. The van der Waals surface area contributed by atoms with Gasteiger partial charge < -0.3 is 0 Å². The molecule has 0 saturated carbocycles. The second kappa shape index (κ2) is 7.43. The molecule has 1 aromatic heterocycles. The van der Waals surface area contributed by atoms with E-state index >= 15 is 0 Å². The lowest BCUT2D eigenvalue weighted by Gasteiger charge is -2.18. The highest BCUT2D eigenvalue weighted by Crippen LogP contribution is 2.30. The molecule has 0 atom stereocenters. The van der Waals surface area contributed by atoms with Crippen molar-refractivity contribution in [2.45, 2.75) is 51.5 Å². The normalized spacial score (nSPS) is 12.2. The molecule has 0 radical (unpaired) electrons. The molecule has 28 heavy (non-hydrogen) atoms. The van der Waals surface area contributed by atoms with Gasteiger partial charge in [0.15, 0.2) is 0 Å². The Hall–Kier alpha value is -2.60. The molecule has 0 fully saturated rings. The van der Waals surface area contributed by atoms with Gasteiger partial charge in [-0.3, -0.25) is 9.40 Å². The maximum absolute atomic E-state index is 13.2. The minimum atomic E-state index is -3.77. The van der Waals surface area contributed by atoms with Crippen LogP contribution in [0.25, 0.3) is 0 Å². The van der Waals surface area contributed by atoms with E-state index in [1.165, 1.54) is 0 Å². The van der Waals surface area contributed by atoms with Crippen LogP contribution in [-0.4, -0.2) is 18.2 Å². The number of hydrogen-bond acceptors (Lipinski definition) is 3. The highest BCUT2D eigenvalue weighted by molar-refractivity contribution is 7.92. The Bertz CT molecular complexity index is 1080. The van der Waals surface area contributed by atoms with Crippen LogP contribution >= 0.6 is 0 Å². The summed E-state index contributed by atoms with van der Waals surface area (Å²) in [5.74, 6) is 0. The van der Waals surface area contributed by atoms with Crippen LogP contribution in [0.2, 0.25) is 0 Å². The minimum Gasteiger partial charge on any atom is -0.279 e. The molecular weight excluding hydrogens is 370 g/mol. The third-order valence-corrected chi connectivity index (χ3v) is 6.13. The molecule has 0 saturated heterocycles. The lowest BCUT2D eigenvalue weighted by molar-refractivity contribution is 0.533. The van der Waals surface area contributed by atoms with Crippen LogP contribution in [0.5, 0.6) is 0 Å². The molecule has 0 aliphatic heterocycles. The number of benzene rings is 2. The fourth-order valence-electron chi connectivity index (χ4n) is 3.03. The number of nitrogens with one attached hydrogen (secondary N) is 1. The molecule has 0 unspecified atom stereocenters. The van der Waals surface area contributed by atoms with Gasteiger partial charge in [-0.15, -0.1) is 0 Å². The SMILES string of the molecule is Cc1cccc(NS(=O)(=O)c2cn(Cc3ccccc3)nc2C(C)(C)C)c1C. The zero-order valence-electron chi connectivity index (χ0n) is 17.0. The van der Waals surface area contributed by atoms with Gasteiger partial charge in [0.25, 0.3) is 10.0 Å². The molecular formula is C22H27N3O2S. The summed E-state index contributed by atoms with van der Waals surface area (Å²) in [7, 11) is -3.77. The molecule has 0 bridgehead atoms. The van der Waals surface area contributed by atoms with Crippen LogP contribution < -0.4 is 4.72 Å². The summed E-state index contributed by atoms with van der Waals surface area (Å²) in [5, 5.41) is 4.62. The van der Waals surface area contributed by atoms with Crippen LogP contribution in [0.1, 0.15) is 43.2 Å². The van der Waals surface area contributed by atoms with Crippen molar-refractivity contribution < 1.29 is 8.42 Å². The molecule has 3 rings (SSSR count). The van der Waals surface area contributed by atoms with Gasteiger partial charge in [-0.2, -0.15) is 5.10 Å². The predicted octanol–water partition coefficient (Wildman–Crippen LogP) is 4.65. The van der Waals surface area contributed by atoms with Crippen molar-refractivity contribution in [1.82, 2.24) is 9.78 Å². The largest absolute Gasteiger partial charge is 0.279 e. The van der Waals surface area contributed by atoms with E-state index in [-0.39, 0.29) is 4.90 Å². The Kier molecular flexibility index (Phi) is 5.35. The number of aryl methyl sites for hydroxylation is 1. The number of sulfonamides is 1. The number of aromatic nitrogens is 2. The van der Waals surface area contributed by atoms with Crippen molar-refractivity contribution in [3.05, 3.63) is 77.1 Å². The first-order chi connectivity index (χ1) is 13.1. The van der Waals surface area contributed by atoms with Gasteiger partial charge in [-0.1, -0.05) is 63.2 Å². The number of hydrogen-bond donors (Lipinski definition) is 1. The van der Waals surface area contributed by atoms with E-state index < -0.39 is 15.4 Å². The van der Waals surface area contributed by atoms with Gasteiger partial charge in [0.05, 0.1) is 17.9 Å². The fraction of sp³-hybridized carbons (Fsp3) is 0.318. The van der Waals surface area contributed by atoms with Crippen molar-refractivity contribution in [3.8, 4) is 0 Å². The summed E-state index contributed by atoms with van der Waals surface area (Å²) >= 11 is 0. The average molecular weight is 398 g/mol. The van der Waals surface area contributed by atoms with E-state index in [1.807, 2.05) is 77.1 Å². The number of nitrogens with zero attached hydrogens (tertiary/aromatic N) is 2.